The Kier molecular flexibility index (Phi) is 6.45. The maximum atomic E-state index is 12.8. The lowest BCUT2D eigenvalue weighted by Gasteiger charge is -2.32. The Labute approximate surface area is 139 Å². The Morgan fingerprint density at radius 2 is 2.22 bits per heavy atom. The summed E-state index contributed by atoms with van der Waals surface area (Å²) in [4.78, 5) is 14.8. The number of hydrogen-bond acceptors (Lipinski definition) is 3. The van der Waals surface area contributed by atoms with Gasteiger partial charge in [-0.2, -0.15) is 5.10 Å². The average Bonchev–Trinajstić information content (AvgIpc) is 2.73. The summed E-state index contributed by atoms with van der Waals surface area (Å²) in [5.74, 6) is 0. The van der Waals surface area contributed by atoms with Crippen molar-refractivity contribution in [3.8, 4) is 0 Å². The van der Waals surface area contributed by atoms with E-state index in [1.807, 2.05) is 25.7 Å². The van der Waals surface area contributed by atoms with Gasteiger partial charge in [0.15, 0.2) is 0 Å². The lowest BCUT2D eigenvalue weighted by atomic mass is 9.99. The molecule has 2 N–H and O–H groups in total. The van der Waals surface area contributed by atoms with Crippen LogP contribution >= 0.6 is 0 Å². The van der Waals surface area contributed by atoms with Crippen molar-refractivity contribution < 1.29 is 9.53 Å². The predicted molar refractivity (Wildman–Crippen MR) is 90.5 cm³/mol. The zero-order chi connectivity index (χ0) is 16.8. The van der Waals surface area contributed by atoms with Gasteiger partial charge in [0, 0.05) is 37.6 Å². The van der Waals surface area contributed by atoms with E-state index in [2.05, 4.69) is 15.5 Å². The molecule has 1 aromatic rings. The van der Waals surface area contributed by atoms with E-state index in [1.54, 1.807) is 7.11 Å². The monoisotopic (exact) mass is 322 g/mol. The number of carbonyl (C=O) groups is 1. The van der Waals surface area contributed by atoms with Gasteiger partial charge in [0.1, 0.15) is 0 Å². The van der Waals surface area contributed by atoms with E-state index in [0.29, 0.717) is 6.61 Å². The Morgan fingerprint density at radius 1 is 1.43 bits per heavy atom. The number of hydrogen-bond donors (Lipinski definition) is 2. The van der Waals surface area contributed by atoms with Crippen LogP contribution in [-0.2, 0) is 4.74 Å². The molecule has 6 heteroatoms. The van der Waals surface area contributed by atoms with Crippen molar-refractivity contribution in [1.29, 1.82) is 0 Å². The molecule has 0 aliphatic carbocycles. The van der Waals surface area contributed by atoms with Crippen molar-refractivity contribution in [1.82, 2.24) is 20.4 Å². The number of carbonyl (C=O) groups excluding carboxylic acids is 1. The van der Waals surface area contributed by atoms with Crippen LogP contribution < -0.4 is 5.32 Å². The number of H-pyrrole nitrogens is 1. The number of urea groups is 1. The highest BCUT2D eigenvalue weighted by molar-refractivity contribution is 5.75. The zero-order valence-electron chi connectivity index (χ0n) is 14.8. The molecule has 130 valence electrons. The normalized spacial score (nSPS) is 20.2. The number of likely N-dealkylation sites (tertiary alicyclic amines) is 1. The van der Waals surface area contributed by atoms with Gasteiger partial charge in [0.05, 0.1) is 11.7 Å². The number of amides is 2. The summed E-state index contributed by atoms with van der Waals surface area (Å²) in [5.41, 5.74) is 3.26. The molecule has 1 saturated heterocycles. The fraction of sp³-hybridized carbons (Fsp3) is 0.765. The van der Waals surface area contributed by atoms with Gasteiger partial charge in [-0.05, 0) is 40.0 Å². The molecule has 2 rings (SSSR count). The van der Waals surface area contributed by atoms with Crippen molar-refractivity contribution in [2.24, 2.45) is 0 Å². The second kappa shape index (κ2) is 8.34. The molecule has 0 bridgehead atoms. The summed E-state index contributed by atoms with van der Waals surface area (Å²) in [6, 6.07) is 0.254. The molecule has 0 aromatic carbocycles. The van der Waals surface area contributed by atoms with Crippen LogP contribution in [0.4, 0.5) is 4.79 Å². The van der Waals surface area contributed by atoms with Gasteiger partial charge in [-0.15, -0.1) is 0 Å². The van der Waals surface area contributed by atoms with E-state index in [0.717, 1.165) is 43.6 Å². The molecule has 23 heavy (non-hydrogen) atoms. The summed E-state index contributed by atoms with van der Waals surface area (Å²) in [6.45, 7) is 7.54. The molecule has 6 nitrogen and oxygen atoms in total. The van der Waals surface area contributed by atoms with Gasteiger partial charge >= 0.3 is 6.03 Å². The number of ether oxygens (including phenoxy) is 1. The zero-order valence-corrected chi connectivity index (χ0v) is 14.8. The SMILES string of the molecule is COCC[C@@H](C)NC(=O)N1CCCCC[C@@H]1c1c(C)n[nH]c1C. The molecule has 0 spiro atoms. The lowest BCUT2D eigenvalue weighted by molar-refractivity contribution is 0.162. The van der Waals surface area contributed by atoms with Crippen molar-refractivity contribution in [2.45, 2.75) is 65.0 Å². The van der Waals surface area contributed by atoms with Crippen LogP contribution in [0.25, 0.3) is 0 Å². The minimum absolute atomic E-state index is 0.0282. The summed E-state index contributed by atoms with van der Waals surface area (Å²) < 4.78 is 5.09. The Hall–Kier alpha value is -1.56. The lowest BCUT2D eigenvalue weighted by Crippen LogP contribution is -2.46. The second-order valence-corrected chi connectivity index (χ2v) is 6.54. The second-order valence-electron chi connectivity index (χ2n) is 6.54. The third-order valence-corrected chi connectivity index (χ3v) is 4.66. The summed E-state index contributed by atoms with van der Waals surface area (Å²) in [7, 11) is 1.68. The first-order valence-electron chi connectivity index (χ1n) is 8.62. The first-order valence-corrected chi connectivity index (χ1v) is 8.62. The molecule has 0 unspecified atom stereocenters. The summed E-state index contributed by atoms with van der Waals surface area (Å²) in [6.07, 6.45) is 5.21. The third kappa shape index (κ3) is 4.47. The first-order chi connectivity index (χ1) is 11.0. The summed E-state index contributed by atoms with van der Waals surface area (Å²) >= 11 is 0. The molecule has 1 fully saturated rings. The number of aromatic nitrogens is 2. The van der Waals surface area contributed by atoms with E-state index in [4.69, 9.17) is 4.74 Å². The van der Waals surface area contributed by atoms with E-state index < -0.39 is 0 Å². The Bertz CT molecular complexity index is 495. The molecule has 2 amide bonds. The smallest absolute Gasteiger partial charge is 0.318 e. The summed E-state index contributed by atoms with van der Waals surface area (Å²) in [5, 5.41) is 10.5. The van der Waals surface area contributed by atoms with Crippen LogP contribution in [0.2, 0.25) is 0 Å². The van der Waals surface area contributed by atoms with Crippen molar-refractivity contribution in [3.05, 3.63) is 17.0 Å². The average molecular weight is 322 g/mol. The maximum Gasteiger partial charge on any atom is 0.318 e. The quantitative estimate of drug-likeness (QED) is 0.875. The van der Waals surface area contributed by atoms with E-state index in [-0.39, 0.29) is 18.1 Å². The number of nitrogens with zero attached hydrogens (tertiary/aromatic N) is 2. The van der Waals surface area contributed by atoms with E-state index in [1.165, 1.54) is 12.0 Å². The van der Waals surface area contributed by atoms with Gasteiger partial charge in [0.2, 0.25) is 0 Å². The Balaban J connectivity index is 2.13. The molecule has 1 aromatic heterocycles. The first kappa shape index (κ1) is 17.8. The molecular formula is C17H30N4O2. The molecule has 0 radical (unpaired) electrons. The van der Waals surface area contributed by atoms with Gasteiger partial charge in [-0.25, -0.2) is 4.79 Å². The van der Waals surface area contributed by atoms with Gasteiger partial charge in [-0.3, -0.25) is 5.10 Å². The van der Waals surface area contributed by atoms with Crippen LogP contribution in [-0.4, -0.2) is 47.4 Å². The largest absolute Gasteiger partial charge is 0.385 e. The molecule has 0 saturated carbocycles. The highest BCUT2D eigenvalue weighted by Crippen LogP contribution is 2.33. The highest BCUT2D eigenvalue weighted by atomic mass is 16.5. The fourth-order valence-corrected chi connectivity index (χ4v) is 3.36. The number of methoxy groups -OCH3 is 1. The number of nitrogens with one attached hydrogen (secondary N) is 2. The van der Waals surface area contributed by atoms with Crippen molar-refractivity contribution in [3.63, 3.8) is 0 Å². The maximum absolute atomic E-state index is 12.8. The van der Waals surface area contributed by atoms with Crippen LogP contribution in [0, 0.1) is 13.8 Å². The fourth-order valence-electron chi connectivity index (χ4n) is 3.36. The standard InChI is InChI=1S/C17H30N4O2/c1-12(9-11-23-4)18-17(22)21-10-7-5-6-8-15(21)16-13(2)19-20-14(16)3/h12,15H,5-11H2,1-4H3,(H,18,22)(H,19,20)/t12-,15-/m1/s1. The highest BCUT2D eigenvalue weighted by Gasteiger charge is 2.30. The van der Waals surface area contributed by atoms with Gasteiger partial charge < -0.3 is 15.0 Å². The van der Waals surface area contributed by atoms with Crippen molar-refractivity contribution >= 4 is 6.03 Å². The van der Waals surface area contributed by atoms with Crippen molar-refractivity contribution in [2.75, 3.05) is 20.3 Å². The van der Waals surface area contributed by atoms with E-state index in [9.17, 15) is 4.79 Å². The van der Waals surface area contributed by atoms with Gasteiger partial charge in [-0.1, -0.05) is 12.8 Å². The van der Waals surface area contributed by atoms with Gasteiger partial charge in [0.25, 0.3) is 0 Å². The van der Waals surface area contributed by atoms with Crippen LogP contribution in [0.3, 0.4) is 0 Å². The van der Waals surface area contributed by atoms with Crippen LogP contribution in [0.1, 0.15) is 62.0 Å². The molecular weight excluding hydrogens is 292 g/mol. The topological polar surface area (TPSA) is 70.2 Å². The Morgan fingerprint density at radius 3 is 2.87 bits per heavy atom. The number of aromatic amines is 1. The number of rotatable bonds is 5. The minimum atomic E-state index is 0.0282. The number of aryl methyl sites for hydroxylation is 2. The van der Waals surface area contributed by atoms with Crippen LogP contribution in [0.5, 0.6) is 0 Å². The molecule has 2 atom stereocenters. The minimum Gasteiger partial charge on any atom is -0.385 e. The third-order valence-electron chi connectivity index (χ3n) is 4.66. The molecule has 1 aliphatic heterocycles. The molecule has 1 aliphatic rings. The van der Waals surface area contributed by atoms with Crippen LogP contribution in [0.15, 0.2) is 0 Å². The molecule has 2 heterocycles. The predicted octanol–water partition coefficient (Wildman–Crippen LogP) is 3.08. The van der Waals surface area contributed by atoms with E-state index >= 15 is 0 Å².